The summed E-state index contributed by atoms with van der Waals surface area (Å²) in [5, 5.41) is 2.54. The third-order valence-electron chi connectivity index (χ3n) is 3.65. The number of alkyl halides is 3. The number of amides is 1. The molecule has 0 aliphatic carbocycles. The molecule has 6 heteroatoms. The van der Waals surface area contributed by atoms with Gasteiger partial charge in [0.2, 0.25) is 5.91 Å². The molecule has 2 aromatic rings. The van der Waals surface area contributed by atoms with Gasteiger partial charge in [-0.05, 0) is 42.7 Å². The second-order valence-corrected chi connectivity index (χ2v) is 5.71. The van der Waals surface area contributed by atoms with Gasteiger partial charge in [-0.3, -0.25) is 4.79 Å². The Hall–Kier alpha value is -2.50. The van der Waals surface area contributed by atoms with Gasteiger partial charge in [0.15, 0.2) is 0 Å². The molecule has 25 heavy (non-hydrogen) atoms. The lowest BCUT2D eigenvalue weighted by Crippen LogP contribution is -2.17. The lowest BCUT2D eigenvalue weighted by atomic mass is 10.1. The minimum Gasteiger partial charge on any atom is -0.491 e. The second kappa shape index (κ2) is 8.05. The average molecular weight is 351 g/mol. The Bertz CT molecular complexity index is 742. The zero-order valence-electron chi connectivity index (χ0n) is 14.1. The molecule has 134 valence electrons. The molecule has 3 nitrogen and oxygen atoms in total. The molecule has 0 unspecified atom stereocenters. The van der Waals surface area contributed by atoms with Crippen LogP contribution in [0.1, 0.15) is 30.0 Å². The summed E-state index contributed by atoms with van der Waals surface area (Å²) in [5.74, 6) is -0.164. The minimum atomic E-state index is -4.49. The van der Waals surface area contributed by atoms with Crippen molar-refractivity contribution >= 4 is 11.6 Å². The van der Waals surface area contributed by atoms with Crippen molar-refractivity contribution in [3.05, 3.63) is 59.2 Å². The number of aryl methyl sites for hydroxylation is 1. The molecule has 0 aliphatic rings. The fourth-order valence-electron chi connectivity index (χ4n) is 2.32. The van der Waals surface area contributed by atoms with Gasteiger partial charge in [0.25, 0.3) is 0 Å². The molecule has 0 saturated carbocycles. The van der Waals surface area contributed by atoms with Crippen molar-refractivity contribution < 1.29 is 22.7 Å². The van der Waals surface area contributed by atoms with Crippen LogP contribution in [0.3, 0.4) is 0 Å². The van der Waals surface area contributed by atoms with Gasteiger partial charge in [-0.15, -0.1) is 0 Å². The number of carbonyl (C=O) groups excluding carboxylic acids is 1. The van der Waals surface area contributed by atoms with Crippen molar-refractivity contribution in [3.63, 3.8) is 0 Å². The van der Waals surface area contributed by atoms with Crippen molar-refractivity contribution in [2.45, 2.75) is 32.9 Å². The number of rotatable bonds is 6. The van der Waals surface area contributed by atoms with E-state index < -0.39 is 17.6 Å². The number of carbonyl (C=O) groups is 1. The molecule has 2 aromatic carbocycles. The van der Waals surface area contributed by atoms with Crippen molar-refractivity contribution in [3.8, 4) is 5.75 Å². The first-order valence-electron chi connectivity index (χ1n) is 7.99. The van der Waals surface area contributed by atoms with E-state index in [0.29, 0.717) is 13.0 Å². The molecule has 1 N–H and O–H groups in total. The van der Waals surface area contributed by atoms with Crippen LogP contribution in [-0.4, -0.2) is 12.5 Å². The van der Waals surface area contributed by atoms with E-state index in [1.54, 1.807) is 0 Å². The van der Waals surface area contributed by atoms with E-state index in [9.17, 15) is 18.0 Å². The van der Waals surface area contributed by atoms with Gasteiger partial charge < -0.3 is 10.1 Å². The van der Waals surface area contributed by atoms with Crippen LogP contribution in [-0.2, 0) is 17.4 Å². The molecule has 0 aromatic heterocycles. The van der Waals surface area contributed by atoms with Crippen LogP contribution in [0.25, 0.3) is 0 Å². The predicted molar refractivity (Wildman–Crippen MR) is 90.7 cm³/mol. The van der Waals surface area contributed by atoms with E-state index in [1.165, 1.54) is 6.07 Å². The summed E-state index contributed by atoms with van der Waals surface area (Å²) in [6, 6.07) is 10.5. The van der Waals surface area contributed by atoms with Crippen molar-refractivity contribution in [1.82, 2.24) is 0 Å². The molecule has 0 bridgehead atoms. The maximum atomic E-state index is 12.9. The fourth-order valence-corrected chi connectivity index (χ4v) is 2.32. The van der Waals surface area contributed by atoms with E-state index in [1.807, 2.05) is 38.1 Å². The molecular formula is C19H20F3NO2. The highest BCUT2D eigenvalue weighted by Gasteiger charge is 2.31. The van der Waals surface area contributed by atoms with Crippen molar-refractivity contribution in [1.29, 1.82) is 0 Å². The quantitative estimate of drug-likeness (QED) is 0.797. The molecule has 0 radical (unpaired) electrons. The van der Waals surface area contributed by atoms with E-state index in [2.05, 4.69) is 5.32 Å². The molecule has 0 heterocycles. The SMILES string of the molecule is CCCOc1ccc(C(F)(F)F)cc1NC(=O)Cc1ccccc1C. The third kappa shape index (κ3) is 5.24. The van der Waals surface area contributed by atoms with Crippen LogP contribution in [0.5, 0.6) is 5.75 Å². The lowest BCUT2D eigenvalue weighted by molar-refractivity contribution is -0.137. The summed E-state index contributed by atoms with van der Waals surface area (Å²) in [6.45, 7) is 4.12. The summed E-state index contributed by atoms with van der Waals surface area (Å²) in [6.07, 6.45) is -3.70. The Morgan fingerprint density at radius 1 is 1.16 bits per heavy atom. The number of nitrogens with one attached hydrogen (secondary N) is 1. The summed E-state index contributed by atoms with van der Waals surface area (Å²) in [7, 11) is 0. The number of hydrogen-bond acceptors (Lipinski definition) is 2. The lowest BCUT2D eigenvalue weighted by Gasteiger charge is -2.15. The van der Waals surface area contributed by atoms with Gasteiger partial charge in [0.1, 0.15) is 5.75 Å². The Morgan fingerprint density at radius 2 is 1.88 bits per heavy atom. The normalized spacial score (nSPS) is 11.2. The first-order valence-corrected chi connectivity index (χ1v) is 7.99. The van der Waals surface area contributed by atoms with Gasteiger partial charge in [-0.2, -0.15) is 13.2 Å². The first kappa shape index (κ1) is 18.8. The van der Waals surface area contributed by atoms with Crippen molar-refractivity contribution in [2.75, 3.05) is 11.9 Å². The number of halogens is 3. The number of anilines is 1. The Labute approximate surface area is 144 Å². The molecule has 0 fully saturated rings. The molecular weight excluding hydrogens is 331 g/mol. The Kier molecular flexibility index (Phi) is 6.07. The highest BCUT2D eigenvalue weighted by molar-refractivity contribution is 5.94. The summed E-state index contributed by atoms with van der Waals surface area (Å²) >= 11 is 0. The molecule has 0 saturated heterocycles. The van der Waals surface area contributed by atoms with Crippen LogP contribution in [0, 0.1) is 6.92 Å². The van der Waals surface area contributed by atoms with Crippen LogP contribution < -0.4 is 10.1 Å². The Balaban J connectivity index is 2.22. The average Bonchev–Trinajstić information content (AvgIpc) is 2.55. The van der Waals surface area contributed by atoms with Crippen LogP contribution >= 0.6 is 0 Å². The number of hydrogen-bond donors (Lipinski definition) is 1. The summed E-state index contributed by atoms with van der Waals surface area (Å²) < 4.78 is 44.3. The zero-order chi connectivity index (χ0) is 18.4. The predicted octanol–water partition coefficient (Wildman–Crippen LogP) is 4.98. The summed E-state index contributed by atoms with van der Waals surface area (Å²) in [5.41, 5.74) is 0.969. The first-order chi connectivity index (χ1) is 11.8. The number of ether oxygens (including phenoxy) is 1. The molecule has 0 atom stereocenters. The van der Waals surface area contributed by atoms with Crippen LogP contribution in [0.4, 0.5) is 18.9 Å². The Morgan fingerprint density at radius 3 is 2.52 bits per heavy atom. The number of benzene rings is 2. The smallest absolute Gasteiger partial charge is 0.416 e. The van der Waals surface area contributed by atoms with E-state index in [0.717, 1.165) is 23.3 Å². The highest BCUT2D eigenvalue weighted by atomic mass is 19.4. The fraction of sp³-hybridized carbons (Fsp3) is 0.316. The van der Waals surface area contributed by atoms with Gasteiger partial charge in [0, 0.05) is 0 Å². The second-order valence-electron chi connectivity index (χ2n) is 5.71. The van der Waals surface area contributed by atoms with Gasteiger partial charge in [-0.25, -0.2) is 0 Å². The third-order valence-corrected chi connectivity index (χ3v) is 3.65. The van der Waals surface area contributed by atoms with Crippen LogP contribution in [0.15, 0.2) is 42.5 Å². The molecule has 2 rings (SSSR count). The van der Waals surface area contributed by atoms with Gasteiger partial charge in [-0.1, -0.05) is 31.2 Å². The van der Waals surface area contributed by atoms with Gasteiger partial charge >= 0.3 is 6.18 Å². The highest BCUT2D eigenvalue weighted by Crippen LogP contribution is 2.35. The molecule has 0 aliphatic heterocycles. The zero-order valence-corrected chi connectivity index (χ0v) is 14.1. The van der Waals surface area contributed by atoms with E-state index in [-0.39, 0.29) is 17.9 Å². The van der Waals surface area contributed by atoms with Crippen LogP contribution in [0.2, 0.25) is 0 Å². The van der Waals surface area contributed by atoms with E-state index in [4.69, 9.17) is 4.74 Å². The maximum Gasteiger partial charge on any atom is 0.416 e. The minimum absolute atomic E-state index is 0.0295. The standard InChI is InChI=1S/C19H20F3NO2/c1-3-10-25-17-9-8-15(19(20,21)22)12-16(17)23-18(24)11-14-7-5-4-6-13(14)2/h4-9,12H,3,10-11H2,1-2H3,(H,23,24). The maximum absolute atomic E-state index is 12.9. The largest absolute Gasteiger partial charge is 0.491 e. The molecule has 1 amide bonds. The summed E-state index contributed by atoms with van der Waals surface area (Å²) in [4.78, 5) is 12.3. The van der Waals surface area contributed by atoms with Crippen molar-refractivity contribution in [2.24, 2.45) is 0 Å². The van der Waals surface area contributed by atoms with E-state index >= 15 is 0 Å². The van der Waals surface area contributed by atoms with Gasteiger partial charge in [0.05, 0.1) is 24.3 Å². The topological polar surface area (TPSA) is 38.3 Å². The molecule has 0 spiro atoms. The monoisotopic (exact) mass is 351 g/mol.